The Morgan fingerprint density at radius 3 is 2.64 bits per heavy atom. The van der Waals surface area contributed by atoms with Crippen molar-refractivity contribution < 1.29 is 30.7 Å². The van der Waals surface area contributed by atoms with Crippen LogP contribution in [-0.4, -0.2) is 31.9 Å². The molecule has 0 saturated heterocycles. The summed E-state index contributed by atoms with van der Waals surface area (Å²) in [6, 6.07) is 8.83. The number of hydrogen-bond donors (Lipinski definition) is 1. The number of fused-ring (bicyclic) bond motifs is 1. The van der Waals surface area contributed by atoms with Crippen LogP contribution >= 0.6 is 0 Å². The first kappa shape index (κ1) is 23.0. The van der Waals surface area contributed by atoms with Gasteiger partial charge in [-0.2, -0.15) is 18.3 Å². The molecule has 1 aliphatic heterocycles. The van der Waals surface area contributed by atoms with Crippen LogP contribution in [0.5, 0.6) is 5.75 Å². The first-order chi connectivity index (χ1) is 15.7. The largest absolute Gasteiger partial charge is 0.493 e. The molecule has 0 spiro atoms. The van der Waals surface area contributed by atoms with E-state index in [9.17, 15) is 26.0 Å². The summed E-state index contributed by atoms with van der Waals surface area (Å²) in [4.78, 5) is -0.0591. The molecule has 2 aromatic carbocycles. The van der Waals surface area contributed by atoms with E-state index in [1.807, 2.05) is 0 Å². The van der Waals surface area contributed by atoms with Gasteiger partial charge in [-0.3, -0.25) is 9.11 Å². The van der Waals surface area contributed by atoms with Gasteiger partial charge in [0.15, 0.2) is 5.82 Å². The third-order valence-corrected chi connectivity index (χ3v) is 6.57. The minimum absolute atomic E-state index is 0.0591. The molecule has 174 valence electrons. The Hall–Kier alpha value is -3.21. The fourth-order valence-corrected chi connectivity index (χ4v) is 4.67. The summed E-state index contributed by atoms with van der Waals surface area (Å²) in [5, 5.41) is 7.53. The van der Waals surface area contributed by atoms with Crippen LogP contribution in [0.25, 0.3) is 11.1 Å². The summed E-state index contributed by atoms with van der Waals surface area (Å²) in [5.41, 5.74) is 0.457. The molecule has 1 aromatic heterocycles. The van der Waals surface area contributed by atoms with E-state index >= 15 is 0 Å². The number of ether oxygens (including phenoxy) is 1. The Kier molecular flexibility index (Phi) is 6.24. The Bertz CT molecular complexity index is 1280. The average molecular weight is 481 g/mol. The number of nitrogens with one attached hydrogen (secondary N) is 1. The molecule has 0 aliphatic carbocycles. The second-order valence-corrected chi connectivity index (χ2v) is 9.11. The molecule has 11 heteroatoms. The standard InChI is InChI=1S/C22H19F4N3O3S/c23-9-7-15-12-16(22(24,25)26)4-6-18(15)19-8-10-27-28-21(19)29-33(30,31)17-5-3-14-2-1-11-32-20(14)13-17/h3-6,8,10,12-13H,1-2,7,9,11H2,(H,28,29). The van der Waals surface area contributed by atoms with Crippen LogP contribution in [0.15, 0.2) is 53.6 Å². The molecule has 1 N–H and O–H groups in total. The van der Waals surface area contributed by atoms with Crippen molar-refractivity contribution in [3.63, 3.8) is 0 Å². The van der Waals surface area contributed by atoms with Gasteiger partial charge in [0.2, 0.25) is 0 Å². The zero-order chi connectivity index (χ0) is 23.6. The van der Waals surface area contributed by atoms with Crippen LogP contribution in [0.1, 0.15) is 23.1 Å². The summed E-state index contributed by atoms with van der Waals surface area (Å²) >= 11 is 0. The summed E-state index contributed by atoms with van der Waals surface area (Å²) in [6.45, 7) is -0.396. The number of benzene rings is 2. The van der Waals surface area contributed by atoms with Crippen LogP contribution < -0.4 is 9.46 Å². The molecular weight excluding hydrogens is 462 g/mol. The lowest BCUT2D eigenvalue weighted by molar-refractivity contribution is -0.137. The normalized spacial score (nSPS) is 13.8. The van der Waals surface area contributed by atoms with Gasteiger partial charge in [0.1, 0.15) is 5.75 Å². The Morgan fingerprint density at radius 2 is 1.88 bits per heavy atom. The zero-order valence-electron chi connectivity index (χ0n) is 17.2. The second-order valence-electron chi connectivity index (χ2n) is 7.43. The van der Waals surface area contributed by atoms with Gasteiger partial charge in [-0.15, -0.1) is 5.10 Å². The van der Waals surface area contributed by atoms with E-state index in [1.165, 1.54) is 30.5 Å². The summed E-state index contributed by atoms with van der Waals surface area (Å²) in [5.74, 6) is 0.299. The summed E-state index contributed by atoms with van der Waals surface area (Å²) in [7, 11) is -4.12. The smallest absolute Gasteiger partial charge is 0.416 e. The van der Waals surface area contributed by atoms with E-state index in [0.29, 0.717) is 12.4 Å². The van der Waals surface area contributed by atoms with Gasteiger partial charge in [-0.1, -0.05) is 12.1 Å². The molecule has 0 radical (unpaired) electrons. The highest BCUT2D eigenvalue weighted by molar-refractivity contribution is 7.92. The molecule has 0 bridgehead atoms. The van der Waals surface area contributed by atoms with Crippen LogP contribution in [0.2, 0.25) is 0 Å². The second kappa shape index (κ2) is 8.97. The number of rotatable bonds is 6. The minimum Gasteiger partial charge on any atom is -0.493 e. The molecule has 2 heterocycles. The monoisotopic (exact) mass is 481 g/mol. The molecule has 6 nitrogen and oxygen atoms in total. The number of halogens is 4. The molecule has 0 atom stereocenters. The van der Waals surface area contributed by atoms with Crippen molar-refractivity contribution in [1.82, 2.24) is 10.2 Å². The van der Waals surface area contributed by atoms with Crippen molar-refractivity contribution >= 4 is 15.8 Å². The molecular formula is C22H19F4N3O3S. The number of anilines is 1. The fraction of sp³-hybridized carbons (Fsp3) is 0.273. The van der Waals surface area contributed by atoms with E-state index in [0.717, 1.165) is 30.5 Å². The predicted octanol–water partition coefficient (Wildman–Crippen LogP) is 4.80. The number of alkyl halides is 4. The molecule has 0 unspecified atom stereocenters. The first-order valence-electron chi connectivity index (χ1n) is 10.1. The van der Waals surface area contributed by atoms with Crippen molar-refractivity contribution in [2.45, 2.75) is 30.3 Å². The Labute approximate surface area is 187 Å². The van der Waals surface area contributed by atoms with Crippen molar-refractivity contribution in [2.24, 2.45) is 0 Å². The highest BCUT2D eigenvalue weighted by Gasteiger charge is 2.31. The van der Waals surface area contributed by atoms with Gasteiger partial charge < -0.3 is 4.74 Å². The minimum atomic E-state index is -4.60. The SMILES string of the molecule is O=S(=O)(Nc1nnccc1-c1ccc(C(F)(F)F)cc1CCF)c1ccc2c(c1)OCCC2. The van der Waals surface area contributed by atoms with E-state index in [2.05, 4.69) is 14.9 Å². The van der Waals surface area contributed by atoms with Gasteiger partial charge in [-0.05, 0) is 53.8 Å². The quantitative estimate of drug-likeness (QED) is 0.512. The molecule has 4 rings (SSSR count). The predicted molar refractivity (Wildman–Crippen MR) is 113 cm³/mol. The highest BCUT2D eigenvalue weighted by atomic mass is 32.2. The lowest BCUT2D eigenvalue weighted by atomic mass is 9.96. The summed E-state index contributed by atoms with van der Waals surface area (Å²) < 4.78 is 86.4. The highest BCUT2D eigenvalue weighted by Crippen LogP contribution is 2.36. The average Bonchev–Trinajstić information content (AvgIpc) is 2.78. The number of aromatic nitrogens is 2. The number of sulfonamides is 1. The molecule has 33 heavy (non-hydrogen) atoms. The lowest BCUT2D eigenvalue weighted by Gasteiger charge is -2.18. The zero-order valence-corrected chi connectivity index (χ0v) is 18.0. The van der Waals surface area contributed by atoms with Crippen LogP contribution in [0.4, 0.5) is 23.4 Å². The summed E-state index contributed by atoms with van der Waals surface area (Å²) in [6.07, 6.45) is -1.98. The lowest BCUT2D eigenvalue weighted by Crippen LogP contribution is -2.16. The van der Waals surface area contributed by atoms with Crippen molar-refractivity contribution in [3.8, 4) is 16.9 Å². The maximum absolute atomic E-state index is 13.1. The van der Waals surface area contributed by atoms with E-state index in [1.54, 1.807) is 6.07 Å². The third-order valence-electron chi connectivity index (χ3n) is 5.24. The Morgan fingerprint density at radius 1 is 1.06 bits per heavy atom. The first-order valence-corrected chi connectivity index (χ1v) is 11.5. The third kappa shape index (κ3) is 4.92. The van der Waals surface area contributed by atoms with Crippen LogP contribution in [0.3, 0.4) is 0 Å². The Balaban J connectivity index is 1.73. The van der Waals surface area contributed by atoms with Crippen LogP contribution in [0, 0.1) is 0 Å². The molecule has 0 amide bonds. The molecule has 1 aliphatic rings. The molecule has 3 aromatic rings. The van der Waals surface area contributed by atoms with E-state index in [4.69, 9.17) is 4.74 Å². The maximum Gasteiger partial charge on any atom is 0.416 e. The van der Waals surface area contributed by atoms with Gasteiger partial charge in [0.05, 0.1) is 29.9 Å². The number of aryl methyl sites for hydroxylation is 2. The number of nitrogens with zero attached hydrogens (tertiary/aromatic N) is 2. The topological polar surface area (TPSA) is 81.2 Å². The van der Waals surface area contributed by atoms with Gasteiger partial charge >= 0.3 is 6.18 Å². The number of hydrogen-bond acceptors (Lipinski definition) is 5. The van der Waals surface area contributed by atoms with Gasteiger partial charge in [0, 0.05) is 18.1 Å². The van der Waals surface area contributed by atoms with Crippen molar-refractivity contribution in [2.75, 3.05) is 18.0 Å². The van der Waals surface area contributed by atoms with E-state index < -0.39 is 28.4 Å². The fourth-order valence-electron chi connectivity index (χ4n) is 3.64. The van der Waals surface area contributed by atoms with Crippen molar-refractivity contribution in [3.05, 3.63) is 65.4 Å². The van der Waals surface area contributed by atoms with Crippen molar-refractivity contribution in [1.29, 1.82) is 0 Å². The maximum atomic E-state index is 13.1. The van der Waals surface area contributed by atoms with Gasteiger partial charge in [-0.25, -0.2) is 8.42 Å². The van der Waals surface area contributed by atoms with E-state index in [-0.39, 0.29) is 33.8 Å². The van der Waals surface area contributed by atoms with Crippen LogP contribution in [-0.2, 0) is 29.0 Å². The van der Waals surface area contributed by atoms with Gasteiger partial charge in [0.25, 0.3) is 10.0 Å². The molecule has 0 fully saturated rings. The molecule has 0 saturated carbocycles.